The first-order valence-electron chi connectivity index (χ1n) is 9.47. The molecule has 3 heterocycles. The number of dihydropyridines is 1. The fourth-order valence-electron chi connectivity index (χ4n) is 3.75. The van der Waals surface area contributed by atoms with Gasteiger partial charge in [-0.25, -0.2) is 9.37 Å². The molecule has 2 N–H and O–H groups in total. The number of allylic oxidation sites excluding steroid dienone is 2. The number of aromatic nitrogens is 4. The van der Waals surface area contributed by atoms with Gasteiger partial charge in [-0.15, -0.1) is 0 Å². The molecule has 1 unspecified atom stereocenters. The molecular weight excluding hydrogens is 365 g/mol. The third-order valence-electron chi connectivity index (χ3n) is 5.45. The largest absolute Gasteiger partial charge is 0.379 e. The fraction of sp³-hybridized carbons (Fsp3) is 0.130. The molecule has 1 aliphatic rings. The first-order valence-corrected chi connectivity index (χ1v) is 9.47. The van der Waals surface area contributed by atoms with Crippen LogP contribution in [0.15, 0.2) is 67.0 Å². The zero-order chi connectivity index (χ0) is 20.0. The van der Waals surface area contributed by atoms with E-state index in [4.69, 9.17) is 0 Å². The number of hydrogen-bond acceptors (Lipinski definition) is 3. The predicted molar refractivity (Wildman–Crippen MR) is 112 cm³/mol. The molecule has 0 aliphatic carbocycles. The van der Waals surface area contributed by atoms with Gasteiger partial charge in [0.25, 0.3) is 0 Å². The van der Waals surface area contributed by atoms with E-state index >= 15 is 0 Å². The molecule has 4 aromatic rings. The van der Waals surface area contributed by atoms with Crippen molar-refractivity contribution in [2.24, 2.45) is 7.05 Å². The van der Waals surface area contributed by atoms with Crippen LogP contribution in [0.3, 0.4) is 0 Å². The Morgan fingerprint density at radius 2 is 2.00 bits per heavy atom. The first-order chi connectivity index (χ1) is 14.1. The second kappa shape index (κ2) is 6.74. The molecule has 0 bridgehead atoms. The lowest BCUT2D eigenvalue weighted by Crippen LogP contribution is -2.17. The Kier molecular flexibility index (Phi) is 4.05. The van der Waals surface area contributed by atoms with E-state index in [0.29, 0.717) is 0 Å². The van der Waals surface area contributed by atoms with Crippen LogP contribution in [0.4, 0.5) is 4.39 Å². The number of aromatic amines is 1. The summed E-state index contributed by atoms with van der Waals surface area (Å²) in [5.41, 5.74) is 5.84. The van der Waals surface area contributed by atoms with Crippen LogP contribution in [0.1, 0.15) is 23.1 Å². The van der Waals surface area contributed by atoms with Crippen LogP contribution in [0.2, 0.25) is 0 Å². The molecule has 6 heteroatoms. The van der Waals surface area contributed by atoms with Crippen molar-refractivity contribution >= 4 is 16.5 Å². The SMILES string of the molecule is Cc1ncc(-c2ccc3n[nH]c(C4C=C(c5cccc(F)c5)C=CN4)c3c2)n1C. The summed E-state index contributed by atoms with van der Waals surface area (Å²) in [6.07, 6.45) is 7.82. The number of aryl methyl sites for hydroxylation is 1. The van der Waals surface area contributed by atoms with Gasteiger partial charge in [-0.05, 0) is 60.7 Å². The highest BCUT2D eigenvalue weighted by atomic mass is 19.1. The highest BCUT2D eigenvalue weighted by Crippen LogP contribution is 2.31. The third kappa shape index (κ3) is 3.02. The summed E-state index contributed by atoms with van der Waals surface area (Å²) >= 11 is 0. The van der Waals surface area contributed by atoms with Crippen LogP contribution in [0.5, 0.6) is 0 Å². The standard InChI is InChI=1S/C23H20FN5/c1-14-26-13-22(29(14)2)17-6-7-20-19(11-17)23(28-27-20)21-12-16(8-9-25-21)15-4-3-5-18(24)10-15/h3-13,21,25H,1-2H3,(H,27,28). The lowest BCUT2D eigenvalue weighted by atomic mass is 9.97. The number of H-pyrrole nitrogens is 1. The van der Waals surface area contributed by atoms with Crippen LogP contribution in [0, 0.1) is 12.7 Å². The Morgan fingerprint density at radius 3 is 2.79 bits per heavy atom. The van der Waals surface area contributed by atoms with Gasteiger partial charge in [0.05, 0.1) is 29.1 Å². The topological polar surface area (TPSA) is 58.5 Å². The molecule has 2 aromatic carbocycles. The van der Waals surface area contributed by atoms with E-state index in [1.165, 1.54) is 6.07 Å². The van der Waals surface area contributed by atoms with Crippen LogP contribution in [-0.2, 0) is 7.05 Å². The van der Waals surface area contributed by atoms with Gasteiger partial charge in [-0.3, -0.25) is 5.10 Å². The minimum atomic E-state index is -0.241. The number of fused-ring (bicyclic) bond motifs is 1. The summed E-state index contributed by atoms with van der Waals surface area (Å²) in [6, 6.07) is 12.8. The number of rotatable bonds is 3. The summed E-state index contributed by atoms with van der Waals surface area (Å²) in [6.45, 7) is 1.99. The maximum atomic E-state index is 13.7. The summed E-state index contributed by atoms with van der Waals surface area (Å²) in [7, 11) is 2.01. The van der Waals surface area contributed by atoms with Gasteiger partial charge in [-0.2, -0.15) is 5.10 Å². The van der Waals surface area contributed by atoms with E-state index < -0.39 is 0 Å². The van der Waals surface area contributed by atoms with Crippen molar-refractivity contribution < 1.29 is 4.39 Å². The molecule has 5 nitrogen and oxygen atoms in total. The molecular formula is C23H20FN5. The number of nitrogens with zero attached hydrogens (tertiary/aromatic N) is 3. The zero-order valence-electron chi connectivity index (χ0n) is 16.1. The van der Waals surface area contributed by atoms with Gasteiger partial charge >= 0.3 is 0 Å². The number of halogens is 1. The van der Waals surface area contributed by atoms with Crippen LogP contribution in [0.25, 0.3) is 27.7 Å². The molecule has 0 radical (unpaired) electrons. The maximum absolute atomic E-state index is 13.7. The molecule has 144 valence electrons. The molecule has 5 rings (SSSR count). The minimum Gasteiger partial charge on any atom is -0.379 e. The summed E-state index contributed by atoms with van der Waals surface area (Å²) in [5, 5.41) is 12.1. The predicted octanol–water partition coefficient (Wildman–Crippen LogP) is 4.65. The van der Waals surface area contributed by atoms with Crippen molar-refractivity contribution in [1.82, 2.24) is 25.1 Å². The Labute approximate surface area is 167 Å². The highest BCUT2D eigenvalue weighted by Gasteiger charge is 2.18. The number of nitrogens with one attached hydrogen (secondary N) is 2. The molecule has 1 atom stereocenters. The van der Waals surface area contributed by atoms with Gasteiger partial charge in [0.15, 0.2) is 0 Å². The Bertz CT molecular complexity index is 1280. The number of benzene rings is 2. The van der Waals surface area contributed by atoms with Crippen molar-refractivity contribution in [1.29, 1.82) is 0 Å². The van der Waals surface area contributed by atoms with Crippen LogP contribution < -0.4 is 5.32 Å². The van der Waals surface area contributed by atoms with E-state index in [2.05, 4.69) is 43.3 Å². The Balaban J connectivity index is 1.57. The minimum absolute atomic E-state index is 0.0909. The zero-order valence-corrected chi connectivity index (χ0v) is 16.1. The summed E-state index contributed by atoms with van der Waals surface area (Å²) in [4.78, 5) is 4.40. The molecule has 0 amide bonds. The maximum Gasteiger partial charge on any atom is 0.123 e. The molecule has 1 aliphatic heterocycles. The molecule has 0 spiro atoms. The summed E-state index contributed by atoms with van der Waals surface area (Å²) in [5.74, 6) is 0.726. The van der Waals surface area contributed by atoms with E-state index in [1.54, 1.807) is 12.1 Å². The molecule has 0 fully saturated rings. The fourth-order valence-corrected chi connectivity index (χ4v) is 3.75. The quantitative estimate of drug-likeness (QED) is 0.540. The van der Waals surface area contributed by atoms with Crippen LogP contribution in [-0.4, -0.2) is 19.7 Å². The van der Waals surface area contributed by atoms with E-state index in [9.17, 15) is 4.39 Å². The monoisotopic (exact) mass is 385 g/mol. The van der Waals surface area contributed by atoms with Gasteiger partial charge in [0.1, 0.15) is 11.6 Å². The first kappa shape index (κ1) is 17.4. The summed E-state index contributed by atoms with van der Waals surface area (Å²) < 4.78 is 15.7. The van der Waals surface area contributed by atoms with Crippen LogP contribution >= 0.6 is 0 Å². The number of imidazole rings is 1. The Morgan fingerprint density at radius 1 is 1.10 bits per heavy atom. The van der Waals surface area contributed by atoms with Gasteiger partial charge in [-0.1, -0.05) is 18.2 Å². The van der Waals surface area contributed by atoms with Crippen molar-refractivity contribution in [3.8, 4) is 11.3 Å². The molecule has 2 aromatic heterocycles. The van der Waals surface area contributed by atoms with Gasteiger partial charge < -0.3 is 9.88 Å². The normalized spacial score (nSPS) is 16.1. The van der Waals surface area contributed by atoms with Crippen molar-refractivity contribution in [2.45, 2.75) is 13.0 Å². The lowest BCUT2D eigenvalue weighted by molar-refractivity contribution is 0.627. The van der Waals surface area contributed by atoms with Crippen molar-refractivity contribution in [3.05, 3.63) is 89.9 Å². The second-order valence-electron chi connectivity index (χ2n) is 7.23. The van der Waals surface area contributed by atoms with Crippen molar-refractivity contribution in [3.63, 3.8) is 0 Å². The lowest BCUT2D eigenvalue weighted by Gasteiger charge is -2.19. The van der Waals surface area contributed by atoms with E-state index in [1.807, 2.05) is 44.6 Å². The second-order valence-corrected chi connectivity index (χ2v) is 7.23. The number of hydrogen-bond donors (Lipinski definition) is 2. The van der Waals surface area contributed by atoms with E-state index in [0.717, 1.165) is 44.8 Å². The molecule has 0 saturated heterocycles. The van der Waals surface area contributed by atoms with Gasteiger partial charge in [0.2, 0.25) is 0 Å². The molecule has 29 heavy (non-hydrogen) atoms. The van der Waals surface area contributed by atoms with Crippen molar-refractivity contribution in [2.75, 3.05) is 0 Å². The average molecular weight is 385 g/mol. The third-order valence-corrected chi connectivity index (χ3v) is 5.45. The van der Waals surface area contributed by atoms with Gasteiger partial charge in [0, 0.05) is 18.0 Å². The average Bonchev–Trinajstić information content (AvgIpc) is 3.31. The Hall–Kier alpha value is -3.67. The van der Waals surface area contributed by atoms with E-state index in [-0.39, 0.29) is 11.9 Å². The highest BCUT2D eigenvalue weighted by molar-refractivity contribution is 5.87. The smallest absolute Gasteiger partial charge is 0.123 e. The molecule has 0 saturated carbocycles.